The van der Waals surface area contributed by atoms with Crippen LogP contribution >= 0.6 is 0 Å². The Bertz CT molecular complexity index is 939. The molecule has 1 unspecified atom stereocenters. The van der Waals surface area contributed by atoms with Crippen molar-refractivity contribution in [2.75, 3.05) is 43.9 Å². The lowest BCUT2D eigenvalue weighted by atomic mass is 10.1. The first kappa shape index (κ1) is 18.0. The molecule has 7 heteroatoms. The van der Waals surface area contributed by atoms with Crippen molar-refractivity contribution in [3.05, 3.63) is 59.7 Å². The number of para-hydroxylation sites is 1. The summed E-state index contributed by atoms with van der Waals surface area (Å²) in [5.41, 5.74) is 2.58. The van der Waals surface area contributed by atoms with E-state index in [1.54, 1.807) is 46.2 Å². The number of benzene rings is 2. The summed E-state index contributed by atoms with van der Waals surface area (Å²) in [6.45, 7) is 0.901. The summed E-state index contributed by atoms with van der Waals surface area (Å²) in [7, 11) is 3.88. The van der Waals surface area contributed by atoms with Crippen molar-refractivity contribution in [3.63, 3.8) is 0 Å². The maximum atomic E-state index is 12.9. The number of nitrogens with one attached hydrogen (secondary N) is 1. The van der Waals surface area contributed by atoms with Crippen molar-refractivity contribution in [2.24, 2.45) is 0 Å². The van der Waals surface area contributed by atoms with E-state index in [4.69, 9.17) is 0 Å². The summed E-state index contributed by atoms with van der Waals surface area (Å²) in [4.78, 5) is 43.7. The van der Waals surface area contributed by atoms with Gasteiger partial charge in [0.15, 0.2) is 0 Å². The number of fused-ring (bicyclic) bond motifs is 2. The van der Waals surface area contributed by atoms with E-state index < -0.39 is 6.04 Å². The van der Waals surface area contributed by atoms with Crippen LogP contribution in [0.15, 0.2) is 48.5 Å². The van der Waals surface area contributed by atoms with Gasteiger partial charge in [-0.1, -0.05) is 12.1 Å². The number of piperazine rings is 1. The number of rotatable bonds is 2. The molecule has 7 nitrogen and oxygen atoms in total. The van der Waals surface area contributed by atoms with Crippen molar-refractivity contribution in [1.29, 1.82) is 0 Å². The average molecular weight is 378 g/mol. The van der Waals surface area contributed by atoms with Crippen LogP contribution in [0.2, 0.25) is 0 Å². The van der Waals surface area contributed by atoms with Gasteiger partial charge in [0.2, 0.25) is 5.91 Å². The maximum absolute atomic E-state index is 12.9. The highest BCUT2D eigenvalue weighted by atomic mass is 16.2. The van der Waals surface area contributed by atoms with Crippen molar-refractivity contribution in [3.8, 4) is 0 Å². The van der Waals surface area contributed by atoms with Crippen molar-refractivity contribution in [2.45, 2.75) is 6.04 Å². The molecule has 0 radical (unpaired) electrons. The molecule has 1 N–H and O–H groups in total. The molecule has 28 heavy (non-hydrogen) atoms. The Hall–Kier alpha value is -3.35. The molecule has 1 saturated heterocycles. The fourth-order valence-corrected chi connectivity index (χ4v) is 3.67. The van der Waals surface area contributed by atoms with Gasteiger partial charge in [-0.25, -0.2) is 0 Å². The highest BCUT2D eigenvalue weighted by Gasteiger charge is 2.40. The third-order valence-electron chi connectivity index (χ3n) is 5.28. The zero-order valence-electron chi connectivity index (χ0n) is 15.9. The summed E-state index contributed by atoms with van der Waals surface area (Å²) < 4.78 is 0. The third-order valence-corrected chi connectivity index (χ3v) is 5.28. The number of hydrogen-bond acceptors (Lipinski definition) is 4. The first-order valence-electron chi connectivity index (χ1n) is 9.23. The second-order valence-electron chi connectivity index (χ2n) is 7.24. The van der Waals surface area contributed by atoms with Crippen LogP contribution in [0.5, 0.6) is 0 Å². The van der Waals surface area contributed by atoms with Gasteiger partial charge in [0.05, 0.1) is 17.8 Å². The van der Waals surface area contributed by atoms with E-state index >= 15 is 0 Å². The largest absolute Gasteiger partial charge is 0.378 e. The summed E-state index contributed by atoms with van der Waals surface area (Å²) >= 11 is 0. The van der Waals surface area contributed by atoms with Gasteiger partial charge in [-0.15, -0.1) is 0 Å². The normalized spacial score (nSPS) is 18.7. The zero-order valence-corrected chi connectivity index (χ0v) is 15.9. The molecule has 2 aliphatic rings. The van der Waals surface area contributed by atoms with E-state index in [2.05, 4.69) is 5.32 Å². The number of carbonyl (C=O) groups excluding carboxylic acids is 3. The topological polar surface area (TPSA) is 73.0 Å². The minimum Gasteiger partial charge on any atom is -0.378 e. The second kappa shape index (κ2) is 6.99. The van der Waals surface area contributed by atoms with Crippen LogP contribution in [0, 0.1) is 0 Å². The van der Waals surface area contributed by atoms with Crippen molar-refractivity contribution < 1.29 is 14.4 Å². The number of amides is 3. The molecule has 4 rings (SSSR count). The molecule has 1 atom stereocenters. The van der Waals surface area contributed by atoms with Crippen LogP contribution in [-0.4, -0.2) is 67.3 Å². The van der Waals surface area contributed by atoms with E-state index in [0.29, 0.717) is 29.9 Å². The smallest absolute Gasteiger partial charge is 0.256 e. The van der Waals surface area contributed by atoms with Gasteiger partial charge in [0, 0.05) is 38.4 Å². The molecule has 144 valence electrons. The molecule has 0 saturated carbocycles. The van der Waals surface area contributed by atoms with Crippen LogP contribution < -0.4 is 10.2 Å². The lowest BCUT2D eigenvalue weighted by molar-refractivity contribution is -0.121. The van der Waals surface area contributed by atoms with Crippen molar-refractivity contribution >= 4 is 29.1 Å². The molecule has 2 aromatic rings. The van der Waals surface area contributed by atoms with E-state index in [1.807, 2.05) is 31.1 Å². The molecule has 1 fully saturated rings. The lowest BCUT2D eigenvalue weighted by Crippen LogP contribution is -2.59. The minimum absolute atomic E-state index is 0.132. The Kier molecular flexibility index (Phi) is 4.50. The summed E-state index contributed by atoms with van der Waals surface area (Å²) in [6, 6.07) is 13.7. The van der Waals surface area contributed by atoms with E-state index in [0.717, 1.165) is 5.69 Å². The number of hydrogen-bond donors (Lipinski definition) is 1. The fourth-order valence-electron chi connectivity index (χ4n) is 3.67. The summed E-state index contributed by atoms with van der Waals surface area (Å²) in [5.74, 6) is -0.577. The minimum atomic E-state index is -0.696. The van der Waals surface area contributed by atoms with Gasteiger partial charge >= 0.3 is 0 Å². The molecule has 2 aliphatic heterocycles. The molecule has 0 bridgehead atoms. The zero-order chi connectivity index (χ0) is 19.8. The number of carbonyl (C=O) groups is 3. The van der Waals surface area contributed by atoms with Crippen molar-refractivity contribution in [1.82, 2.24) is 9.80 Å². The van der Waals surface area contributed by atoms with E-state index in [1.165, 1.54) is 0 Å². The molecule has 3 amide bonds. The highest BCUT2D eigenvalue weighted by molar-refractivity contribution is 6.10. The number of nitrogens with zero attached hydrogens (tertiary/aromatic N) is 3. The average Bonchev–Trinajstić information content (AvgIpc) is 2.82. The van der Waals surface area contributed by atoms with E-state index in [-0.39, 0.29) is 24.3 Å². The Morgan fingerprint density at radius 3 is 2.46 bits per heavy atom. The fraction of sp³-hybridized carbons (Fsp3) is 0.286. The van der Waals surface area contributed by atoms with Crippen LogP contribution in [0.1, 0.15) is 20.7 Å². The first-order chi connectivity index (χ1) is 13.5. The SMILES string of the molecule is CN(C)c1ccc(C(=O)N2CCN3C(=O)c4ccccc4NC(=O)C3C2)cc1. The summed E-state index contributed by atoms with van der Waals surface area (Å²) in [6.07, 6.45) is 0. The Morgan fingerprint density at radius 2 is 1.75 bits per heavy atom. The van der Waals surface area contributed by atoms with Crippen LogP contribution in [-0.2, 0) is 4.79 Å². The molecule has 0 aromatic heterocycles. The van der Waals surface area contributed by atoms with Gasteiger partial charge in [-0.05, 0) is 36.4 Å². The monoisotopic (exact) mass is 378 g/mol. The van der Waals surface area contributed by atoms with E-state index in [9.17, 15) is 14.4 Å². The maximum Gasteiger partial charge on any atom is 0.256 e. The highest BCUT2D eigenvalue weighted by Crippen LogP contribution is 2.26. The molecule has 2 aromatic carbocycles. The van der Waals surface area contributed by atoms with Gasteiger partial charge < -0.3 is 20.0 Å². The van der Waals surface area contributed by atoms with Crippen LogP contribution in [0.25, 0.3) is 0 Å². The van der Waals surface area contributed by atoms with Gasteiger partial charge in [-0.2, -0.15) is 0 Å². The molecule has 2 heterocycles. The van der Waals surface area contributed by atoms with Crippen LogP contribution in [0.4, 0.5) is 11.4 Å². The van der Waals surface area contributed by atoms with Crippen LogP contribution in [0.3, 0.4) is 0 Å². The van der Waals surface area contributed by atoms with Gasteiger partial charge in [-0.3, -0.25) is 14.4 Å². The molecule has 0 spiro atoms. The Labute approximate surface area is 163 Å². The Morgan fingerprint density at radius 1 is 1.04 bits per heavy atom. The third kappa shape index (κ3) is 3.09. The standard InChI is InChI=1S/C21H22N4O3/c1-23(2)15-9-7-14(8-10-15)20(27)24-11-12-25-18(13-24)19(26)22-17-6-4-3-5-16(17)21(25)28/h3-10,18H,11-13H2,1-2H3,(H,22,26). The number of anilines is 2. The Balaban J connectivity index is 1.55. The summed E-state index contributed by atoms with van der Waals surface area (Å²) in [5, 5.41) is 2.83. The predicted molar refractivity (Wildman–Crippen MR) is 107 cm³/mol. The molecular formula is C21H22N4O3. The predicted octanol–water partition coefficient (Wildman–Crippen LogP) is 1.67. The lowest BCUT2D eigenvalue weighted by Gasteiger charge is -2.39. The molecule has 0 aliphatic carbocycles. The quantitative estimate of drug-likeness (QED) is 0.863. The molecular weight excluding hydrogens is 356 g/mol. The first-order valence-corrected chi connectivity index (χ1v) is 9.23. The van der Waals surface area contributed by atoms with Gasteiger partial charge in [0.25, 0.3) is 11.8 Å². The van der Waals surface area contributed by atoms with Gasteiger partial charge in [0.1, 0.15) is 6.04 Å². The second-order valence-corrected chi connectivity index (χ2v) is 7.24.